The van der Waals surface area contributed by atoms with Crippen LogP contribution in [-0.2, 0) is 0 Å². The molecule has 0 aliphatic heterocycles. The lowest BCUT2D eigenvalue weighted by Gasteiger charge is -2.13. The molecule has 0 saturated carbocycles. The number of ether oxygens (including phenoxy) is 1. The van der Waals surface area contributed by atoms with Crippen LogP contribution in [0.4, 0.5) is 0 Å². The lowest BCUT2D eigenvalue weighted by atomic mass is 10.0. The third-order valence-corrected chi connectivity index (χ3v) is 5.62. The van der Waals surface area contributed by atoms with Gasteiger partial charge in [-0.1, -0.05) is 87.1 Å². The number of para-hydroxylation sites is 1. The molecule has 2 heteroatoms. The fourth-order valence-corrected chi connectivity index (χ4v) is 4.33. The average Bonchev–Trinajstić information content (AvgIpc) is 2.74. The van der Waals surface area contributed by atoms with Gasteiger partial charge in [-0.05, 0) is 34.9 Å². The predicted molar refractivity (Wildman–Crippen MR) is 112 cm³/mol. The topological polar surface area (TPSA) is 9.23 Å². The van der Waals surface area contributed by atoms with Gasteiger partial charge in [-0.25, -0.2) is 0 Å². The van der Waals surface area contributed by atoms with Crippen molar-refractivity contribution in [3.05, 3.63) is 97.1 Å². The molecule has 1 nitrogen and oxygen atoms in total. The molecule has 0 amide bonds. The molecule has 0 radical (unpaired) electrons. The third kappa shape index (κ3) is 3.40. The average molecular weight is 354 g/mol. The number of benzene rings is 3. The van der Waals surface area contributed by atoms with E-state index in [0.717, 1.165) is 11.3 Å². The molecule has 3 aromatic carbocycles. The van der Waals surface area contributed by atoms with Gasteiger partial charge in [0.15, 0.2) is 0 Å². The first-order chi connectivity index (χ1) is 12.8. The second-order valence-corrected chi connectivity index (χ2v) is 7.25. The van der Waals surface area contributed by atoms with Crippen LogP contribution in [0.25, 0.3) is 32.8 Å². The summed E-state index contributed by atoms with van der Waals surface area (Å²) in [6, 6.07) is 33.9. The van der Waals surface area contributed by atoms with E-state index in [-0.39, 0.29) is 0 Å². The van der Waals surface area contributed by atoms with Crippen LogP contribution in [0.5, 0.6) is 5.75 Å². The monoisotopic (exact) mass is 354 g/mol. The highest BCUT2D eigenvalue weighted by Gasteiger charge is 2.11. The lowest BCUT2D eigenvalue weighted by molar-refractivity contribution is 0.416. The van der Waals surface area contributed by atoms with Crippen molar-refractivity contribution in [2.45, 2.75) is 0 Å². The van der Waals surface area contributed by atoms with Gasteiger partial charge in [-0.15, -0.1) is 0 Å². The highest BCUT2D eigenvalue weighted by Crippen LogP contribution is 2.43. The third-order valence-electron chi connectivity index (χ3n) is 4.38. The molecule has 0 aliphatic rings. The minimum atomic E-state index is 0.910. The van der Waals surface area contributed by atoms with Gasteiger partial charge in [-0.3, -0.25) is 0 Å². The van der Waals surface area contributed by atoms with Gasteiger partial charge in [0, 0.05) is 16.2 Å². The van der Waals surface area contributed by atoms with Crippen LogP contribution in [0.15, 0.2) is 97.1 Å². The number of methoxy groups -OCH3 is 1. The van der Waals surface area contributed by atoms with Crippen LogP contribution in [0.3, 0.4) is 0 Å². The summed E-state index contributed by atoms with van der Waals surface area (Å²) >= 11 is 0. The predicted octanol–water partition coefficient (Wildman–Crippen LogP) is 7.28. The first-order valence-electron chi connectivity index (χ1n) is 8.61. The Bertz CT molecular complexity index is 953. The Morgan fingerprint density at radius 3 is 1.85 bits per heavy atom. The molecule has 1 aromatic heterocycles. The molecule has 0 unspecified atom stereocenters. The summed E-state index contributed by atoms with van der Waals surface area (Å²) in [4.78, 5) is 0. The first-order valence-corrected chi connectivity index (χ1v) is 9.51. The normalized spacial score (nSPS) is 10.8. The molecular formula is C24H19OP. The van der Waals surface area contributed by atoms with E-state index in [4.69, 9.17) is 4.74 Å². The van der Waals surface area contributed by atoms with Gasteiger partial charge in [0.05, 0.1) is 7.11 Å². The van der Waals surface area contributed by atoms with Crippen LogP contribution < -0.4 is 4.74 Å². The summed E-state index contributed by atoms with van der Waals surface area (Å²) in [6.45, 7) is 0. The fourth-order valence-electron chi connectivity index (χ4n) is 3.08. The Labute approximate surface area is 156 Å². The standard InChI is InChI=1S/C24H19OP/c1-25-22-15-9-8-14-21(22)24-17-20(18-10-4-2-5-11-18)16-23(26-24)19-12-6-3-7-13-19/h2-17H,1H3. The van der Waals surface area contributed by atoms with Crippen LogP contribution in [0.2, 0.25) is 0 Å². The maximum absolute atomic E-state index is 5.61. The summed E-state index contributed by atoms with van der Waals surface area (Å²) in [5.41, 5.74) is 4.85. The van der Waals surface area contributed by atoms with Crippen molar-refractivity contribution in [2.24, 2.45) is 0 Å². The van der Waals surface area contributed by atoms with Gasteiger partial charge in [0.2, 0.25) is 0 Å². The van der Waals surface area contributed by atoms with Crippen molar-refractivity contribution in [3.63, 3.8) is 0 Å². The van der Waals surface area contributed by atoms with Crippen LogP contribution in [0, 0.1) is 0 Å². The van der Waals surface area contributed by atoms with E-state index in [2.05, 4.69) is 84.9 Å². The zero-order valence-corrected chi connectivity index (χ0v) is 15.5. The number of hydrogen-bond donors (Lipinski definition) is 0. The molecular weight excluding hydrogens is 335 g/mol. The molecule has 4 rings (SSSR count). The molecule has 0 fully saturated rings. The molecule has 0 N–H and O–H groups in total. The zero-order valence-electron chi connectivity index (χ0n) is 14.6. The maximum Gasteiger partial charge on any atom is 0.127 e. The molecule has 0 spiro atoms. The lowest BCUT2D eigenvalue weighted by Crippen LogP contribution is -1.87. The second kappa shape index (κ2) is 7.56. The quantitative estimate of drug-likeness (QED) is 0.374. The van der Waals surface area contributed by atoms with Gasteiger partial charge in [-0.2, -0.15) is 0 Å². The summed E-state index contributed by atoms with van der Waals surface area (Å²) in [7, 11) is 2.92. The largest absolute Gasteiger partial charge is 0.496 e. The fraction of sp³-hybridized carbons (Fsp3) is 0.0417. The molecule has 0 aliphatic carbocycles. The number of hydrogen-bond acceptors (Lipinski definition) is 1. The van der Waals surface area contributed by atoms with Crippen molar-refractivity contribution < 1.29 is 4.74 Å². The summed E-state index contributed by atoms with van der Waals surface area (Å²) in [5, 5.41) is 2.55. The van der Waals surface area contributed by atoms with Gasteiger partial charge >= 0.3 is 0 Å². The van der Waals surface area contributed by atoms with Crippen LogP contribution in [0.1, 0.15) is 0 Å². The Kier molecular flexibility index (Phi) is 4.82. The number of rotatable bonds is 4. The van der Waals surface area contributed by atoms with Crippen molar-refractivity contribution >= 4 is 8.19 Å². The van der Waals surface area contributed by atoms with E-state index in [1.54, 1.807) is 7.11 Å². The molecule has 4 aromatic rings. The van der Waals surface area contributed by atoms with E-state index in [0.29, 0.717) is 0 Å². The molecule has 126 valence electrons. The summed E-state index contributed by atoms with van der Waals surface area (Å²) in [5.74, 6) is 0.910. The van der Waals surface area contributed by atoms with E-state index in [1.165, 1.54) is 35.5 Å². The molecule has 26 heavy (non-hydrogen) atoms. The summed E-state index contributed by atoms with van der Waals surface area (Å²) in [6.07, 6.45) is 0. The Balaban J connectivity index is 1.94. The van der Waals surface area contributed by atoms with Gasteiger partial charge in [0.25, 0.3) is 0 Å². The molecule has 1 heterocycles. The van der Waals surface area contributed by atoms with Crippen molar-refractivity contribution in [1.82, 2.24) is 0 Å². The zero-order chi connectivity index (χ0) is 17.8. The van der Waals surface area contributed by atoms with E-state index < -0.39 is 0 Å². The van der Waals surface area contributed by atoms with E-state index in [1.807, 2.05) is 12.1 Å². The van der Waals surface area contributed by atoms with Crippen LogP contribution in [-0.4, -0.2) is 7.11 Å². The van der Waals surface area contributed by atoms with Crippen molar-refractivity contribution in [1.29, 1.82) is 0 Å². The molecule has 0 saturated heterocycles. The minimum absolute atomic E-state index is 0.910. The van der Waals surface area contributed by atoms with E-state index in [9.17, 15) is 0 Å². The smallest absolute Gasteiger partial charge is 0.127 e. The Hall–Kier alpha value is -2.89. The van der Waals surface area contributed by atoms with Crippen LogP contribution >= 0.6 is 8.19 Å². The molecule has 0 bridgehead atoms. The Morgan fingerprint density at radius 1 is 0.577 bits per heavy atom. The minimum Gasteiger partial charge on any atom is -0.496 e. The SMILES string of the molecule is COc1ccccc1-c1cc(-c2ccccc2)cc(-c2ccccc2)p1. The maximum atomic E-state index is 5.61. The van der Waals surface area contributed by atoms with Gasteiger partial charge in [0.1, 0.15) is 5.75 Å². The Morgan fingerprint density at radius 2 is 1.15 bits per heavy atom. The summed E-state index contributed by atoms with van der Waals surface area (Å²) < 4.78 is 5.61. The van der Waals surface area contributed by atoms with Crippen molar-refractivity contribution in [3.8, 4) is 38.6 Å². The molecule has 0 atom stereocenters. The van der Waals surface area contributed by atoms with Crippen molar-refractivity contribution in [2.75, 3.05) is 7.11 Å². The first kappa shape index (κ1) is 16.6. The highest BCUT2D eigenvalue weighted by molar-refractivity contribution is 7.37. The van der Waals surface area contributed by atoms with E-state index >= 15 is 0 Å². The second-order valence-electron chi connectivity index (χ2n) is 6.06. The van der Waals surface area contributed by atoms with Gasteiger partial charge < -0.3 is 4.74 Å². The highest BCUT2D eigenvalue weighted by atomic mass is 31.0.